The minimum atomic E-state index is -0.721. The van der Waals surface area contributed by atoms with Gasteiger partial charge in [-0.2, -0.15) is 0 Å². The minimum Gasteiger partial charge on any atom is -0.497 e. The molecule has 2 aromatic carbocycles. The molecule has 0 radical (unpaired) electrons. The number of hydrogen-bond donors (Lipinski definition) is 0. The van der Waals surface area contributed by atoms with Crippen LogP contribution in [0, 0.1) is 35.2 Å². The van der Waals surface area contributed by atoms with E-state index in [2.05, 4.69) is 6.92 Å². The highest BCUT2D eigenvalue weighted by atomic mass is 19.1. The predicted octanol–water partition coefficient (Wildman–Crippen LogP) is 8.15. The molecule has 0 amide bonds. The van der Waals surface area contributed by atoms with Gasteiger partial charge < -0.3 is 4.74 Å². The van der Waals surface area contributed by atoms with Crippen molar-refractivity contribution in [1.82, 2.24) is 0 Å². The Bertz CT molecular complexity index is 894. The number of halogens is 3. The van der Waals surface area contributed by atoms with Crippen molar-refractivity contribution in [3.05, 3.63) is 41.2 Å². The van der Waals surface area contributed by atoms with Gasteiger partial charge in [-0.15, -0.1) is 0 Å². The number of fused-ring (bicyclic) bond motifs is 2. The Labute approximate surface area is 178 Å². The molecular weight excluding hydrogens is 385 g/mol. The van der Waals surface area contributed by atoms with Gasteiger partial charge in [0.2, 0.25) is 0 Å². The van der Waals surface area contributed by atoms with Crippen LogP contribution in [0.15, 0.2) is 18.2 Å². The summed E-state index contributed by atoms with van der Waals surface area (Å²) in [5.74, 6) is 0.204. The molecule has 4 heteroatoms. The van der Waals surface area contributed by atoms with Gasteiger partial charge in [0.15, 0.2) is 0 Å². The van der Waals surface area contributed by atoms with Crippen molar-refractivity contribution in [2.45, 2.75) is 77.0 Å². The lowest BCUT2D eigenvalue weighted by molar-refractivity contribution is 0.111. The van der Waals surface area contributed by atoms with E-state index in [0.29, 0.717) is 11.8 Å². The Morgan fingerprint density at radius 3 is 2.43 bits per heavy atom. The second kappa shape index (κ2) is 9.20. The average molecular weight is 419 g/mol. The first-order valence-corrected chi connectivity index (χ1v) is 11.7. The fourth-order valence-electron chi connectivity index (χ4n) is 6.09. The van der Waals surface area contributed by atoms with Gasteiger partial charge in [0.25, 0.3) is 0 Å². The van der Waals surface area contributed by atoms with E-state index < -0.39 is 17.5 Å². The van der Waals surface area contributed by atoms with Crippen LogP contribution in [0.25, 0.3) is 10.8 Å². The number of methoxy groups -OCH3 is 1. The quantitative estimate of drug-likeness (QED) is 0.430. The lowest BCUT2D eigenvalue weighted by Crippen LogP contribution is -2.31. The number of rotatable bonds is 6. The summed E-state index contributed by atoms with van der Waals surface area (Å²) in [5, 5.41) is 0.0980. The summed E-state index contributed by atoms with van der Waals surface area (Å²) in [4.78, 5) is 0. The molecule has 30 heavy (non-hydrogen) atoms. The molecule has 4 atom stereocenters. The first-order valence-electron chi connectivity index (χ1n) is 11.7. The van der Waals surface area contributed by atoms with Crippen LogP contribution in [0.5, 0.6) is 5.75 Å². The van der Waals surface area contributed by atoms with Crippen LogP contribution in [0.4, 0.5) is 13.2 Å². The third-order valence-corrected chi connectivity index (χ3v) is 7.67. The Balaban J connectivity index is 1.53. The topological polar surface area (TPSA) is 9.23 Å². The smallest absolute Gasteiger partial charge is 0.140 e. The number of benzene rings is 2. The van der Waals surface area contributed by atoms with Gasteiger partial charge in [-0.05, 0) is 73.3 Å². The van der Waals surface area contributed by atoms with Crippen molar-refractivity contribution >= 4 is 10.8 Å². The summed E-state index contributed by atoms with van der Waals surface area (Å²) in [6.07, 6.45) is 11.6. The molecule has 0 N–H and O–H groups in total. The molecule has 0 spiro atoms. The van der Waals surface area contributed by atoms with Gasteiger partial charge in [-0.1, -0.05) is 39.0 Å². The molecule has 2 aromatic rings. The number of hydrogen-bond acceptors (Lipinski definition) is 1. The summed E-state index contributed by atoms with van der Waals surface area (Å²) in [6, 6.07) is 3.94. The van der Waals surface area contributed by atoms with Crippen LogP contribution < -0.4 is 4.74 Å². The summed E-state index contributed by atoms with van der Waals surface area (Å²) < 4.78 is 50.0. The molecule has 2 aliphatic rings. The van der Waals surface area contributed by atoms with Crippen LogP contribution in [0.3, 0.4) is 0 Å². The van der Waals surface area contributed by atoms with Gasteiger partial charge in [-0.25, -0.2) is 13.2 Å². The van der Waals surface area contributed by atoms with Crippen molar-refractivity contribution in [1.29, 1.82) is 0 Å². The summed E-state index contributed by atoms with van der Waals surface area (Å²) >= 11 is 0. The Kier molecular flexibility index (Phi) is 6.60. The predicted molar refractivity (Wildman–Crippen MR) is 115 cm³/mol. The molecular formula is C26H33F3O. The lowest BCUT2D eigenvalue weighted by atomic mass is 9.63. The Morgan fingerprint density at radius 1 is 0.900 bits per heavy atom. The zero-order valence-corrected chi connectivity index (χ0v) is 18.2. The zero-order chi connectivity index (χ0) is 21.3. The maximum Gasteiger partial charge on any atom is 0.140 e. The average Bonchev–Trinajstić information content (AvgIpc) is 2.73. The summed E-state index contributed by atoms with van der Waals surface area (Å²) in [7, 11) is 1.42. The SMILES string of the molecule is CCCCCC1CCC2C[C@H](c3c(F)cc4cc(OC)cc(F)c4c3F)CC[C@@H]2C1. The maximum atomic E-state index is 15.3. The Morgan fingerprint density at radius 2 is 1.67 bits per heavy atom. The molecule has 0 aromatic heterocycles. The second-order valence-corrected chi connectivity index (χ2v) is 9.50. The van der Waals surface area contributed by atoms with Crippen LogP contribution in [-0.4, -0.2) is 7.11 Å². The molecule has 2 unspecified atom stereocenters. The molecule has 0 bridgehead atoms. The third-order valence-electron chi connectivity index (χ3n) is 7.67. The molecule has 164 valence electrons. The van der Waals surface area contributed by atoms with Crippen LogP contribution in [0.2, 0.25) is 0 Å². The van der Waals surface area contributed by atoms with E-state index in [-0.39, 0.29) is 28.0 Å². The normalized spacial score (nSPS) is 26.6. The van der Waals surface area contributed by atoms with Crippen LogP contribution in [0.1, 0.15) is 82.6 Å². The third kappa shape index (κ3) is 4.20. The van der Waals surface area contributed by atoms with Gasteiger partial charge >= 0.3 is 0 Å². The molecule has 0 saturated heterocycles. The summed E-state index contributed by atoms with van der Waals surface area (Å²) in [6.45, 7) is 2.24. The largest absolute Gasteiger partial charge is 0.497 e. The van der Waals surface area contributed by atoms with E-state index in [4.69, 9.17) is 4.74 Å². The number of ether oxygens (including phenoxy) is 1. The molecule has 1 nitrogen and oxygen atoms in total. The van der Waals surface area contributed by atoms with E-state index in [9.17, 15) is 8.78 Å². The van der Waals surface area contributed by atoms with Gasteiger partial charge in [0, 0.05) is 11.6 Å². The van der Waals surface area contributed by atoms with E-state index in [1.165, 1.54) is 70.3 Å². The van der Waals surface area contributed by atoms with Crippen molar-refractivity contribution < 1.29 is 17.9 Å². The molecule has 2 saturated carbocycles. The van der Waals surface area contributed by atoms with Crippen molar-refractivity contribution in [3.8, 4) is 5.75 Å². The van der Waals surface area contributed by atoms with Crippen molar-refractivity contribution in [2.75, 3.05) is 7.11 Å². The van der Waals surface area contributed by atoms with Crippen LogP contribution in [-0.2, 0) is 0 Å². The van der Waals surface area contributed by atoms with E-state index in [1.54, 1.807) is 0 Å². The standard InChI is InChI=1S/C26H33F3O/c1-3-4-5-6-16-7-8-18-12-19(10-9-17(18)11-16)24-22(27)14-20-13-21(30-2)15-23(28)25(20)26(24)29/h13-19H,3-12H2,1-2H3/t16?,17-,18?,19-/m1/s1. The van der Waals surface area contributed by atoms with E-state index in [0.717, 1.165) is 25.2 Å². The minimum absolute atomic E-state index is 0.0927. The van der Waals surface area contributed by atoms with Gasteiger partial charge in [0.1, 0.15) is 23.2 Å². The maximum absolute atomic E-state index is 15.3. The highest BCUT2D eigenvalue weighted by Crippen LogP contribution is 2.49. The fourth-order valence-corrected chi connectivity index (χ4v) is 6.09. The zero-order valence-electron chi connectivity index (χ0n) is 18.2. The van der Waals surface area contributed by atoms with Gasteiger partial charge in [-0.3, -0.25) is 0 Å². The Hall–Kier alpha value is -1.71. The highest BCUT2D eigenvalue weighted by molar-refractivity contribution is 5.86. The van der Waals surface area contributed by atoms with Crippen molar-refractivity contribution in [2.24, 2.45) is 17.8 Å². The van der Waals surface area contributed by atoms with Crippen LogP contribution >= 0.6 is 0 Å². The molecule has 0 aliphatic heterocycles. The summed E-state index contributed by atoms with van der Waals surface area (Å²) in [5.41, 5.74) is 0.0927. The first-order chi connectivity index (χ1) is 14.5. The number of unbranched alkanes of at least 4 members (excludes halogenated alkanes) is 2. The second-order valence-electron chi connectivity index (χ2n) is 9.50. The lowest BCUT2D eigenvalue weighted by Gasteiger charge is -2.42. The fraction of sp³-hybridized carbons (Fsp3) is 0.615. The molecule has 0 heterocycles. The molecule has 2 aliphatic carbocycles. The monoisotopic (exact) mass is 418 g/mol. The first kappa shape index (κ1) is 21.5. The van der Waals surface area contributed by atoms with E-state index in [1.807, 2.05) is 0 Å². The molecule has 4 rings (SSSR count). The van der Waals surface area contributed by atoms with E-state index >= 15 is 4.39 Å². The van der Waals surface area contributed by atoms with Gasteiger partial charge in [0.05, 0.1) is 12.5 Å². The molecule has 2 fully saturated rings. The van der Waals surface area contributed by atoms with Crippen molar-refractivity contribution in [3.63, 3.8) is 0 Å². The highest BCUT2D eigenvalue weighted by Gasteiger charge is 2.37.